The standard InChI is InChI=1S/C15H17N5O3S/c21-24(22,15-9-16-11-17-15)20-7-5-19(6-8-20)10-13-12-3-1-2-4-14(12)23-18-13/h1-4,9,11H,5-8,10H2,(H,16,17). The summed E-state index contributed by atoms with van der Waals surface area (Å²) in [6.07, 6.45) is 2.71. The van der Waals surface area contributed by atoms with Crippen LogP contribution in [0.3, 0.4) is 0 Å². The fraction of sp³-hybridized carbons (Fsp3) is 0.333. The molecule has 1 saturated heterocycles. The molecule has 0 radical (unpaired) electrons. The molecule has 3 aromatic rings. The van der Waals surface area contributed by atoms with Gasteiger partial charge in [-0.3, -0.25) is 4.90 Å². The quantitative estimate of drug-likeness (QED) is 0.758. The molecule has 0 aliphatic carbocycles. The summed E-state index contributed by atoms with van der Waals surface area (Å²) < 4.78 is 31.7. The van der Waals surface area contributed by atoms with Crippen LogP contribution in [0.25, 0.3) is 11.0 Å². The van der Waals surface area contributed by atoms with E-state index < -0.39 is 10.0 Å². The molecule has 0 saturated carbocycles. The minimum absolute atomic E-state index is 0.137. The second kappa shape index (κ2) is 6.00. The number of benzene rings is 1. The van der Waals surface area contributed by atoms with Gasteiger partial charge in [0.25, 0.3) is 10.0 Å². The van der Waals surface area contributed by atoms with Gasteiger partial charge in [0.2, 0.25) is 0 Å². The maximum atomic E-state index is 12.5. The third-order valence-electron chi connectivity index (χ3n) is 4.25. The number of imidazole rings is 1. The summed E-state index contributed by atoms with van der Waals surface area (Å²) in [4.78, 5) is 8.64. The van der Waals surface area contributed by atoms with E-state index in [0.717, 1.165) is 16.7 Å². The van der Waals surface area contributed by atoms with E-state index in [2.05, 4.69) is 20.0 Å². The summed E-state index contributed by atoms with van der Waals surface area (Å²) in [7, 11) is -3.48. The monoisotopic (exact) mass is 347 g/mol. The van der Waals surface area contributed by atoms with Crippen molar-refractivity contribution in [1.82, 2.24) is 24.3 Å². The van der Waals surface area contributed by atoms with Crippen LogP contribution >= 0.6 is 0 Å². The van der Waals surface area contributed by atoms with Crippen molar-refractivity contribution in [1.29, 1.82) is 0 Å². The molecule has 1 N–H and O–H groups in total. The van der Waals surface area contributed by atoms with E-state index in [1.165, 1.54) is 16.8 Å². The zero-order chi connectivity index (χ0) is 16.6. The first-order valence-corrected chi connectivity index (χ1v) is 9.13. The highest BCUT2D eigenvalue weighted by Crippen LogP contribution is 2.21. The molecule has 0 atom stereocenters. The lowest BCUT2D eigenvalue weighted by Gasteiger charge is -2.33. The lowest BCUT2D eigenvalue weighted by molar-refractivity contribution is 0.178. The van der Waals surface area contributed by atoms with Crippen LogP contribution in [0, 0.1) is 0 Å². The number of para-hydroxylation sites is 1. The third kappa shape index (κ3) is 2.70. The topological polar surface area (TPSA) is 95.3 Å². The van der Waals surface area contributed by atoms with Crippen LogP contribution in [0.15, 0.2) is 46.3 Å². The highest BCUT2D eigenvalue weighted by atomic mass is 32.2. The molecule has 24 heavy (non-hydrogen) atoms. The number of piperazine rings is 1. The molecular weight excluding hydrogens is 330 g/mol. The van der Waals surface area contributed by atoms with Gasteiger partial charge in [-0.2, -0.15) is 4.31 Å². The van der Waals surface area contributed by atoms with Gasteiger partial charge in [0.15, 0.2) is 10.6 Å². The van der Waals surface area contributed by atoms with Gasteiger partial charge in [0.05, 0.1) is 12.5 Å². The van der Waals surface area contributed by atoms with Gasteiger partial charge in [-0.25, -0.2) is 13.4 Å². The van der Waals surface area contributed by atoms with Crippen molar-refractivity contribution in [3.05, 3.63) is 42.5 Å². The second-order valence-electron chi connectivity index (χ2n) is 5.72. The Labute approximate surface area is 139 Å². The Morgan fingerprint density at radius 1 is 1.17 bits per heavy atom. The average Bonchev–Trinajstić information content (AvgIpc) is 3.26. The molecule has 8 nitrogen and oxygen atoms in total. The van der Waals surface area contributed by atoms with Crippen LogP contribution in [0.4, 0.5) is 0 Å². The maximum Gasteiger partial charge on any atom is 0.260 e. The van der Waals surface area contributed by atoms with E-state index in [0.29, 0.717) is 32.7 Å². The molecule has 0 unspecified atom stereocenters. The maximum absolute atomic E-state index is 12.5. The van der Waals surface area contributed by atoms with Crippen LogP contribution in [0.1, 0.15) is 5.69 Å². The number of aromatic nitrogens is 3. The number of hydrogen-bond acceptors (Lipinski definition) is 6. The molecule has 2 aromatic heterocycles. The Morgan fingerprint density at radius 2 is 1.96 bits per heavy atom. The average molecular weight is 347 g/mol. The van der Waals surface area contributed by atoms with E-state index in [-0.39, 0.29) is 5.03 Å². The molecule has 0 spiro atoms. The first-order chi connectivity index (χ1) is 11.6. The molecule has 4 rings (SSSR count). The number of nitrogens with zero attached hydrogens (tertiary/aromatic N) is 4. The minimum atomic E-state index is -3.48. The van der Waals surface area contributed by atoms with Crippen LogP contribution in [0.2, 0.25) is 0 Å². The SMILES string of the molecule is O=S(=O)(c1cnc[nH]1)N1CCN(Cc2noc3ccccc23)CC1. The summed E-state index contributed by atoms with van der Waals surface area (Å²) in [6.45, 7) is 2.83. The van der Waals surface area contributed by atoms with Crippen molar-refractivity contribution >= 4 is 21.0 Å². The number of rotatable bonds is 4. The van der Waals surface area contributed by atoms with Crippen molar-refractivity contribution in [2.75, 3.05) is 26.2 Å². The number of nitrogens with one attached hydrogen (secondary N) is 1. The van der Waals surface area contributed by atoms with Gasteiger partial charge in [-0.15, -0.1) is 0 Å². The lowest BCUT2D eigenvalue weighted by atomic mass is 10.2. The fourth-order valence-corrected chi connectivity index (χ4v) is 4.23. The van der Waals surface area contributed by atoms with Crippen LogP contribution in [-0.2, 0) is 16.6 Å². The smallest absolute Gasteiger partial charge is 0.260 e. The van der Waals surface area contributed by atoms with Crippen LogP contribution in [0.5, 0.6) is 0 Å². The van der Waals surface area contributed by atoms with Crippen LogP contribution in [-0.4, -0.2) is 58.9 Å². The van der Waals surface area contributed by atoms with Gasteiger partial charge in [-0.1, -0.05) is 17.3 Å². The van der Waals surface area contributed by atoms with E-state index >= 15 is 0 Å². The van der Waals surface area contributed by atoms with E-state index in [1.807, 2.05) is 24.3 Å². The number of aromatic amines is 1. The largest absolute Gasteiger partial charge is 0.356 e. The predicted molar refractivity (Wildman–Crippen MR) is 86.6 cm³/mol. The van der Waals surface area contributed by atoms with Crippen LogP contribution < -0.4 is 0 Å². The summed E-state index contributed by atoms with van der Waals surface area (Å²) in [5.74, 6) is 0. The normalized spacial score (nSPS) is 17.5. The Morgan fingerprint density at radius 3 is 2.71 bits per heavy atom. The van der Waals surface area contributed by atoms with E-state index in [1.54, 1.807) is 0 Å². The first kappa shape index (κ1) is 15.3. The van der Waals surface area contributed by atoms with Gasteiger partial charge in [0, 0.05) is 38.1 Å². The number of H-pyrrole nitrogens is 1. The molecule has 9 heteroatoms. The Balaban J connectivity index is 1.43. The van der Waals surface area contributed by atoms with E-state index in [9.17, 15) is 8.42 Å². The zero-order valence-electron chi connectivity index (χ0n) is 12.9. The first-order valence-electron chi connectivity index (χ1n) is 7.69. The Bertz CT molecular complexity index is 927. The van der Waals surface area contributed by atoms with Gasteiger partial charge in [0.1, 0.15) is 5.69 Å². The molecule has 3 heterocycles. The van der Waals surface area contributed by atoms with Crippen molar-refractivity contribution in [3.8, 4) is 0 Å². The predicted octanol–water partition coefficient (Wildman–Crippen LogP) is 1.06. The molecule has 1 aliphatic rings. The summed E-state index contributed by atoms with van der Waals surface area (Å²) >= 11 is 0. The van der Waals surface area contributed by atoms with Crippen molar-refractivity contribution in [3.63, 3.8) is 0 Å². The molecule has 0 amide bonds. The van der Waals surface area contributed by atoms with Crippen molar-refractivity contribution in [2.45, 2.75) is 11.6 Å². The molecule has 126 valence electrons. The molecular formula is C15H17N5O3S. The molecule has 1 aromatic carbocycles. The zero-order valence-corrected chi connectivity index (χ0v) is 13.7. The van der Waals surface area contributed by atoms with E-state index in [4.69, 9.17) is 4.52 Å². The minimum Gasteiger partial charge on any atom is -0.356 e. The number of sulfonamides is 1. The Hall–Kier alpha value is -2.23. The highest BCUT2D eigenvalue weighted by Gasteiger charge is 2.29. The molecule has 1 aliphatic heterocycles. The summed E-state index contributed by atoms with van der Waals surface area (Å²) in [5, 5.41) is 5.28. The van der Waals surface area contributed by atoms with Gasteiger partial charge >= 0.3 is 0 Å². The van der Waals surface area contributed by atoms with Crippen molar-refractivity contribution in [2.24, 2.45) is 0 Å². The third-order valence-corrected chi connectivity index (χ3v) is 6.07. The molecule has 0 bridgehead atoms. The van der Waals surface area contributed by atoms with Crippen molar-refractivity contribution < 1.29 is 12.9 Å². The second-order valence-corrected chi connectivity index (χ2v) is 7.63. The molecule has 1 fully saturated rings. The fourth-order valence-electron chi connectivity index (χ4n) is 2.92. The number of fused-ring (bicyclic) bond motifs is 1. The summed E-state index contributed by atoms with van der Waals surface area (Å²) in [5.41, 5.74) is 1.66. The summed E-state index contributed by atoms with van der Waals surface area (Å²) in [6, 6.07) is 7.75. The Kier molecular flexibility index (Phi) is 3.83. The number of hydrogen-bond donors (Lipinski definition) is 1. The van der Waals surface area contributed by atoms with Gasteiger partial charge in [-0.05, 0) is 12.1 Å². The lowest BCUT2D eigenvalue weighted by Crippen LogP contribution is -2.48. The van der Waals surface area contributed by atoms with Gasteiger partial charge < -0.3 is 9.51 Å². The highest BCUT2D eigenvalue weighted by molar-refractivity contribution is 7.89.